The molecule has 0 amide bonds. The molecule has 0 bridgehead atoms. The molecule has 0 aliphatic heterocycles. The highest BCUT2D eigenvalue weighted by Gasteiger charge is 1.88. The van der Waals surface area contributed by atoms with E-state index in [1.807, 2.05) is 27.7 Å². The topological polar surface area (TPSA) is 20.2 Å². The van der Waals surface area contributed by atoms with Gasteiger partial charge in [0.2, 0.25) is 0 Å². The summed E-state index contributed by atoms with van der Waals surface area (Å²) in [6.45, 7) is 4.49. The quantitative estimate of drug-likeness (QED) is 0.533. The molecule has 0 heterocycles. The second kappa shape index (κ2) is 13.8. The van der Waals surface area contributed by atoms with E-state index in [1.54, 1.807) is 24.3 Å². The zero-order valence-corrected chi connectivity index (χ0v) is 12.5. The second-order valence-corrected chi connectivity index (χ2v) is 6.39. The number of aromatic hydroxyl groups is 1. The molecule has 0 fully saturated rings. The molecule has 0 aliphatic carbocycles. The molecule has 1 N–H and O–H groups in total. The van der Waals surface area contributed by atoms with Crippen molar-refractivity contribution in [3.05, 3.63) is 30.3 Å². The first-order chi connectivity index (χ1) is 8.31. The van der Waals surface area contributed by atoms with Crippen LogP contribution in [0.5, 0.6) is 5.75 Å². The lowest BCUT2D eigenvalue weighted by Crippen LogP contribution is -1.76. The van der Waals surface area contributed by atoms with Crippen LogP contribution in [0.15, 0.2) is 30.3 Å². The molecule has 1 rings (SSSR count). The summed E-state index contributed by atoms with van der Waals surface area (Å²) < 4.78 is 0. The summed E-state index contributed by atoms with van der Waals surface area (Å²) in [6.07, 6.45) is 5.43. The lowest BCUT2D eigenvalue weighted by Gasteiger charge is -1.97. The van der Waals surface area contributed by atoms with Crippen molar-refractivity contribution in [1.29, 1.82) is 0 Å². The predicted molar refractivity (Wildman–Crippen MR) is 82.8 cm³/mol. The molecule has 0 saturated heterocycles. The Morgan fingerprint density at radius 2 is 1.35 bits per heavy atom. The van der Waals surface area contributed by atoms with Gasteiger partial charge < -0.3 is 5.11 Å². The van der Waals surface area contributed by atoms with Gasteiger partial charge in [-0.15, -0.1) is 0 Å². The minimum Gasteiger partial charge on any atom is -0.508 e. The molecule has 0 spiro atoms. The van der Waals surface area contributed by atoms with Crippen molar-refractivity contribution >= 4 is 21.6 Å². The Hall–Kier alpha value is -0.280. The van der Waals surface area contributed by atoms with Gasteiger partial charge in [0, 0.05) is 11.5 Å². The van der Waals surface area contributed by atoms with E-state index in [2.05, 4.69) is 13.8 Å². The molecule has 0 aromatic heterocycles. The van der Waals surface area contributed by atoms with Crippen LogP contribution in [0.2, 0.25) is 0 Å². The van der Waals surface area contributed by atoms with E-state index < -0.39 is 0 Å². The van der Waals surface area contributed by atoms with Crippen LogP contribution in [0.3, 0.4) is 0 Å². The van der Waals surface area contributed by atoms with Crippen molar-refractivity contribution in [1.82, 2.24) is 0 Å². The third-order valence-corrected chi connectivity index (χ3v) is 4.58. The molecule has 1 nitrogen and oxygen atoms in total. The number of phenolic OH excluding ortho intramolecular Hbond substituents is 1. The van der Waals surface area contributed by atoms with E-state index in [0.29, 0.717) is 5.75 Å². The van der Waals surface area contributed by atoms with Gasteiger partial charge in [-0.2, -0.15) is 0 Å². The highest BCUT2D eigenvalue weighted by Crippen LogP contribution is 2.23. The van der Waals surface area contributed by atoms with Crippen LogP contribution in [-0.4, -0.2) is 16.6 Å². The van der Waals surface area contributed by atoms with Crippen molar-refractivity contribution in [3.8, 4) is 5.75 Å². The molecule has 1 aromatic rings. The zero-order chi connectivity index (χ0) is 12.8. The summed E-state index contributed by atoms with van der Waals surface area (Å²) >= 11 is 0. The molecule has 0 unspecified atom stereocenters. The molecule has 0 aliphatic rings. The minimum absolute atomic E-state index is 0.322. The molecule has 3 heteroatoms. The SMILES string of the molecule is CCCCSSCCCC.Oc1ccccc1. The van der Waals surface area contributed by atoms with Crippen LogP contribution < -0.4 is 0 Å². The van der Waals surface area contributed by atoms with Gasteiger partial charge in [-0.25, -0.2) is 0 Å². The van der Waals surface area contributed by atoms with Crippen LogP contribution in [0.4, 0.5) is 0 Å². The summed E-state index contributed by atoms with van der Waals surface area (Å²) in [5.41, 5.74) is 0. The van der Waals surface area contributed by atoms with E-state index in [1.165, 1.54) is 37.2 Å². The number of phenols is 1. The van der Waals surface area contributed by atoms with Gasteiger partial charge in [-0.3, -0.25) is 0 Å². The van der Waals surface area contributed by atoms with Crippen molar-refractivity contribution in [3.63, 3.8) is 0 Å². The average Bonchev–Trinajstić information content (AvgIpc) is 2.35. The first kappa shape index (κ1) is 16.7. The Morgan fingerprint density at radius 3 is 1.65 bits per heavy atom. The first-order valence-electron chi connectivity index (χ1n) is 6.29. The van der Waals surface area contributed by atoms with E-state index in [4.69, 9.17) is 5.11 Å². The summed E-state index contributed by atoms with van der Waals surface area (Å²) in [4.78, 5) is 0. The van der Waals surface area contributed by atoms with Crippen molar-refractivity contribution < 1.29 is 5.11 Å². The molecule has 0 saturated carbocycles. The number of benzene rings is 1. The van der Waals surface area contributed by atoms with Crippen LogP contribution in [0.25, 0.3) is 0 Å². The Labute approximate surface area is 114 Å². The van der Waals surface area contributed by atoms with E-state index >= 15 is 0 Å². The highest BCUT2D eigenvalue weighted by molar-refractivity contribution is 8.76. The monoisotopic (exact) mass is 272 g/mol. The summed E-state index contributed by atoms with van der Waals surface area (Å²) in [5, 5.41) is 8.63. The molecule has 98 valence electrons. The summed E-state index contributed by atoms with van der Waals surface area (Å²) in [7, 11) is 4.07. The maximum atomic E-state index is 8.63. The Kier molecular flexibility index (Phi) is 13.6. The largest absolute Gasteiger partial charge is 0.508 e. The molecule has 0 atom stereocenters. The molecule has 1 aromatic carbocycles. The Balaban J connectivity index is 0.000000318. The van der Waals surface area contributed by atoms with E-state index in [9.17, 15) is 0 Å². The van der Waals surface area contributed by atoms with Gasteiger partial charge in [0.05, 0.1) is 0 Å². The van der Waals surface area contributed by atoms with Crippen LogP contribution in [0, 0.1) is 0 Å². The third kappa shape index (κ3) is 13.7. The minimum atomic E-state index is 0.322. The van der Waals surface area contributed by atoms with Gasteiger partial charge in [0.15, 0.2) is 0 Å². The van der Waals surface area contributed by atoms with Crippen molar-refractivity contribution in [2.24, 2.45) is 0 Å². The lowest BCUT2D eigenvalue weighted by atomic mass is 10.3. The second-order valence-electron chi connectivity index (χ2n) is 3.69. The molecular formula is C14H24OS2. The fourth-order valence-corrected chi connectivity index (χ4v) is 3.42. The van der Waals surface area contributed by atoms with E-state index in [-0.39, 0.29) is 0 Å². The van der Waals surface area contributed by atoms with Gasteiger partial charge in [-0.05, 0) is 25.0 Å². The van der Waals surface area contributed by atoms with Gasteiger partial charge in [0.1, 0.15) is 5.75 Å². The van der Waals surface area contributed by atoms with Crippen LogP contribution in [0.1, 0.15) is 39.5 Å². The molecule has 17 heavy (non-hydrogen) atoms. The maximum Gasteiger partial charge on any atom is 0.115 e. The number of para-hydroxylation sites is 1. The summed E-state index contributed by atoms with van der Waals surface area (Å²) in [5.74, 6) is 3.00. The normalized spacial score (nSPS) is 9.53. The predicted octanol–water partition coefficient (Wildman–Crippen LogP) is 5.36. The zero-order valence-electron chi connectivity index (χ0n) is 10.9. The number of hydrogen-bond donors (Lipinski definition) is 1. The average molecular weight is 272 g/mol. The van der Waals surface area contributed by atoms with Crippen molar-refractivity contribution in [2.45, 2.75) is 39.5 Å². The van der Waals surface area contributed by atoms with Gasteiger partial charge in [-0.1, -0.05) is 66.5 Å². The number of hydrogen-bond acceptors (Lipinski definition) is 3. The van der Waals surface area contributed by atoms with Crippen LogP contribution >= 0.6 is 21.6 Å². The van der Waals surface area contributed by atoms with E-state index in [0.717, 1.165) is 0 Å². The molecule has 0 radical (unpaired) electrons. The standard InChI is InChI=1S/C8H18S2.C6H6O/c1-3-5-7-9-10-8-6-4-2;7-6-4-2-1-3-5-6/h3-8H2,1-2H3;1-5,7H. The molecular weight excluding hydrogens is 248 g/mol. The third-order valence-electron chi connectivity index (χ3n) is 2.00. The number of rotatable bonds is 7. The smallest absolute Gasteiger partial charge is 0.115 e. The highest BCUT2D eigenvalue weighted by atomic mass is 33.1. The maximum absolute atomic E-state index is 8.63. The Bertz CT molecular complexity index is 231. The lowest BCUT2D eigenvalue weighted by molar-refractivity contribution is 0.475. The fourth-order valence-electron chi connectivity index (χ4n) is 0.952. The van der Waals surface area contributed by atoms with Crippen LogP contribution in [-0.2, 0) is 0 Å². The summed E-state index contributed by atoms with van der Waals surface area (Å²) in [6, 6.07) is 8.71. The van der Waals surface area contributed by atoms with Gasteiger partial charge in [0.25, 0.3) is 0 Å². The Morgan fingerprint density at radius 1 is 0.882 bits per heavy atom. The van der Waals surface area contributed by atoms with Crippen molar-refractivity contribution in [2.75, 3.05) is 11.5 Å². The van der Waals surface area contributed by atoms with Gasteiger partial charge >= 0.3 is 0 Å². The fraction of sp³-hybridized carbons (Fsp3) is 0.571. The first-order valence-corrected chi connectivity index (χ1v) is 8.78. The number of unbranched alkanes of at least 4 members (excludes halogenated alkanes) is 2.